The van der Waals surface area contributed by atoms with Crippen LogP contribution in [0.25, 0.3) is 0 Å². The van der Waals surface area contributed by atoms with Gasteiger partial charge in [0.1, 0.15) is 29.9 Å². The smallest absolute Gasteiger partial charge is 0.136 e. The van der Waals surface area contributed by atoms with Crippen molar-refractivity contribution in [1.82, 2.24) is 0 Å². The van der Waals surface area contributed by atoms with Crippen molar-refractivity contribution < 1.29 is 25.2 Å². The van der Waals surface area contributed by atoms with Gasteiger partial charge in [0.05, 0.1) is 6.61 Å². The molecule has 18 heavy (non-hydrogen) atoms. The molecule has 5 atom stereocenters. The molecule has 0 amide bonds. The van der Waals surface area contributed by atoms with E-state index >= 15 is 0 Å². The van der Waals surface area contributed by atoms with Crippen LogP contribution >= 0.6 is 11.8 Å². The first kappa shape index (κ1) is 13.8. The lowest BCUT2D eigenvalue weighted by Crippen LogP contribution is -2.57. The molecule has 1 aromatic carbocycles. The zero-order valence-electron chi connectivity index (χ0n) is 9.59. The van der Waals surface area contributed by atoms with Gasteiger partial charge >= 0.3 is 0 Å². The van der Waals surface area contributed by atoms with Crippen molar-refractivity contribution in [3.05, 3.63) is 30.3 Å². The van der Waals surface area contributed by atoms with Crippen LogP contribution in [0.5, 0.6) is 0 Å². The van der Waals surface area contributed by atoms with Crippen molar-refractivity contribution in [2.75, 3.05) is 6.61 Å². The summed E-state index contributed by atoms with van der Waals surface area (Å²) >= 11 is 1.24. The fourth-order valence-electron chi connectivity index (χ4n) is 1.80. The maximum absolute atomic E-state index is 9.85. The fourth-order valence-corrected chi connectivity index (χ4v) is 2.88. The van der Waals surface area contributed by atoms with Crippen LogP contribution in [0.4, 0.5) is 0 Å². The van der Waals surface area contributed by atoms with Crippen molar-refractivity contribution in [3.63, 3.8) is 0 Å². The molecule has 1 aliphatic heterocycles. The Morgan fingerprint density at radius 1 is 1.00 bits per heavy atom. The highest BCUT2D eigenvalue weighted by Gasteiger charge is 2.43. The summed E-state index contributed by atoms with van der Waals surface area (Å²) in [6, 6.07) is 9.29. The van der Waals surface area contributed by atoms with Gasteiger partial charge in [-0.1, -0.05) is 30.0 Å². The minimum absolute atomic E-state index is 0.406. The van der Waals surface area contributed by atoms with Crippen LogP contribution < -0.4 is 0 Å². The molecule has 100 valence electrons. The van der Waals surface area contributed by atoms with Gasteiger partial charge < -0.3 is 25.2 Å². The topological polar surface area (TPSA) is 90.2 Å². The van der Waals surface area contributed by atoms with E-state index in [1.807, 2.05) is 30.3 Å². The minimum atomic E-state index is -1.32. The highest BCUT2D eigenvalue weighted by Crippen LogP contribution is 2.32. The monoisotopic (exact) mass is 272 g/mol. The molecule has 1 aliphatic rings. The highest BCUT2D eigenvalue weighted by atomic mass is 32.2. The number of hydrogen-bond donors (Lipinski definition) is 4. The summed E-state index contributed by atoms with van der Waals surface area (Å²) in [7, 11) is 0. The molecule has 0 radical (unpaired) electrons. The average molecular weight is 272 g/mol. The van der Waals surface area contributed by atoms with Crippen LogP contribution in [0.1, 0.15) is 0 Å². The molecule has 1 fully saturated rings. The van der Waals surface area contributed by atoms with E-state index in [1.54, 1.807) is 0 Å². The Morgan fingerprint density at radius 3 is 2.28 bits per heavy atom. The normalized spacial score (nSPS) is 36.6. The van der Waals surface area contributed by atoms with Crippen molar-refractivity contribution in [1.29, 1.82) is 0 Å². The van der Waals surface area contributed by atoms with E-state index in [4.69, 9.17) is 9.84 Å². The molecule has 0 saturated carbocycles. The third kappa shape index (κ3) is 2.85. The number of hydrogen-bond acceptors (Lipinski definition) is 6. The molecule has 1 saturated heterocycles. The van der Waals surface area contributed by atoms with E-state index in [9.17, 15) is 15.3 Å². The van der Waals surface area contributed by atoms with E-state index in [0.717, 1.165) is 4.90 Å². The van der Waals surface area contributed by atoms with Gasteiger partial charge in [0.25, 0.3) is 0 Å². The average Bonchev–Trinajstić information content (AvgIpc) is 2.40. The quantitative estimate of drug-likeness (QED) is 0.597. The number of benzene rings is 1. The Balaban J connectivity index is 2.08. The molecule has 1 aromatic rings. The van der Waals surface area contributed by atoms with Crippen LogP contribution in [0.15, 0.2) is 35.2 Å². The van der Waals surface area contributed by atoms with Crippen LogP contribution in [-0.4, -0.2) is 56.9 Å². The molecular weight excluding hydrogens is 256 g/mol. The lowest BCUT2D eigenvalue weighted by molar-refractivity contribution is -0.205. The maximum atomic E-state index is 9.85. The summed E-state index contributed by atoms with van der Waals surface area (Å²) < 4.78 is 5.39. The number of ether oxygens (including phenoxy) is 1. The zero-order valence-corrected chi connectivity index (χ0v) is 10.4. The van der Waals surface area contributed by atoms with Crippen molar-refractivity contribution >= 4 is 11.8 Å². The Hall–Kier alpha value is -0.630. The number of thioether (sulfide) groups is 1. The Labute approximate surface area is 109 Å². The Kier molecular flexibility index (Phi) is 4.60. The van der Waals surface area contributed by atoms with Crippen LogP contribution in [0.3, 0.4) is 0 Å². The van der Waals surface area contributed by atoms with Crippen molar-refractivity contribution in [3.8, 4) is 0 Å². The molecule has 1 heterocycles. The first-order valence-corrected chi connectivity index (χ1v) is 6.53. The van der Waals surface area contributed by atoms with Gasteiger partial charge in [0.15, 0.2) is 0 Å². The molecule has 0 unspecified atom stereocenters. The molecule has 0 aromatic heterocycles. The predicted octanol–water partition coefficient (Wildman–Crippen LogP) is -0.421. The molecule has 5 nitrogen and oxygen atoms in total. The molecule has 0 bridgehead atoms. The predicted molar refractivity (Wildman–Crippen MR) is 66.1 cm³/mol. The van der Waals surface area contributed by atoms with Crippen LogP contribution in [0.2, 0.25) is 0 Å². The number of rotatable bonds is 3. The molecule has 4 N–H and O–H groups in total. The third-order valence-corrected chi connectivity index (χ3v) is 4.01. The second kappa shape index (κ2) is 6.01. The summed E-state index contributed by atoms with van der Waals surface area (Å²) in [4.78, 5) is 0.877. The second-order valence-corrected chi connectivity index (χ2v) is 5.30. The summed E-state index contributed by atoms with van der Waals surface area (Å²) in [5.74, 6) is 0. The molecule has 0 spiro atoms. The standard InChI is InChI=1S/C12H16O5S/c13-6-8-9(14)10(15)11(16)12(17-8)18-7-4-2-1-3-5-7/h1-5,8-16H,6H2/t8-,9-,10+,11-,12+/m1/s1. The van der Waals surface area contributed by atoms with Gasteiger partial charge in [-0.05, 0) is 12.1 Å². The summed E-state index contributed by atoms with van der Waals surface area (Å²) in [5, 5.41) is 38.2. The van der Waals surface area contributed by atoms with E-state index in [2.05, 4.69) is 0 Å². The van der Waals surface area contributed by atoms with Gasteiger partial charge in [0.2, 0.25) is 0 Å². The van der Waals surface area contributed by atoms with E-state index in [-0.39, 0.29) is 0 Å². The Bertz CT molecular complexity index is 372. The minimum Gasteiger partial charge on any atom is -0.394 e. The van der Waals surface area contributed by atoms with Gasteiger partial charge in [-0.25, -0.2) is 0 Å². The van der Waals surface area contributed by atoms with Crippen LogP contribution in [-0.2, 0) is 4.74 Å². The summed E-state index contributed by atoms with van der Waals surface area (Å²) in [5.41, 5.74) is -0.719. The molecular formula is C12H16O5S. The zero-order chi connectivity index (χ0) is 13.1. The summed E-state index contributed by atoms with van der Waals surface area (Å²) in [6.45, 7) is -0.406. The lowest BCUT2D eigenvalue weighted by Gasteiger charge is -2.39. The third-order valence-electron chi connectivity index (χ3n) is 2.84. The Morgan fingerprint density at radius 2 is 1.67 bits per heavy atom. The number of aliphatic hydroxyl groups is 4. The van der Waals surface area contributed by atoms with Gasteiger partial charge in [-0.15, -0.1) is 0 Å². The molecule has 0 aliphatic carbocycles. The highest BCUT2D eigenvalue weighted by molar-refractivity contribution is 7.99. The van der Waals surface area contributed by atoms with E-state index < -0.39 is 36.5 Å². The van der Waals surface area contributed by atoms with Crippen molar-refractivity contribution in [2.45, 2.75) is 34.7 Å². The van der Waals surface area contributed by atoms with E-state index in [0.29, 0.717) is 0 Å². The number of aliphatic hydroxyl groups excluding tert-OH is 4. The first-order chi connectivity index (χ1) is 8.63. The fraction of sp³-hybridized carbons (Fsp3) is 0.500. The largest absolute Gasteiger partial charge is 0.394 e. The molecule has 2 rings (SSSR count). The lowest BCUT2D eigenvalue weighted by atomic mass is 10.0. The second-order valence-electron chi connectivity index (χ2n) is 4.13. The molecule has 6 heteroatoms. The summed E-state index contributed by atoms with van der Waals surface area (Å²) in [6.07, 6.45) is -4.69. The van der Waals surface area contributed by atoms with Gasteiger partial charge in [0, 0.05) is 4.90 Å². The maximum Gasteiger partial charge on any atom is 0.136 e. The SMILES string of the molecule is OC[C@H]1O[C@@H](Sc2ccccc2)[C@H](O)[C@@H](O)[C@@H]1O. The van der Waals surface area contributed by atoms with Gasteiger partial charge in [-0.2, -0.15) is 0 Å². The van der Waals surface area contributed by atoms with E-state index in [1.165, 1.54) is 11.8 Å². The van der Waals surface area contributed by atoms with Crippen molar-refractivity contribution in [2.24, 2.45) is 0 Å². The first-order valence-electron chi connectivity index (χ1n) is 5.65. The van der Waals surface area contributed by atoms with Gasteiger partial charge in [-0.3, -0.25) is 0 Å². The van der Waals surface area contributed by atoms with Crippen LogP contribution in [0, 0.1) is 0 Å².